The van der Waals surface area contributed by atoms with Gasteiger partial charge in [0.25, 0.3) is 0 Å². The van der Waals surface area contributed by atoms with Crippen molar-refractivity contribution in [3.63, 3.8) is 0 Å². The molecule has 1 aliphatic carbocycles. The van der Waals surface area contributed by atoms with Crippen LogP contribution in [0, 0.1) is 5.92 Å². The highest BCUT2D eigenvalue weighted by Crippen LogP contribution is 2.27. The quantitative estimate of drug-likeness (QED) is 0.468. The second kappa shape index (κ2) is 6.01. The van der Waals surface area contributed by atoms with E-state index in [0.717, 1.165) is 19.3 Å². The van der Waals surface area contributed by atoms with Crippen LogP contribution < -0.4 is 0 Å². The van der Waals surface area contributed by atoms with Crippen LogP contribution in [0.25, 0.3) is 0 Å². The van der Waals surface area contributed by atoms with Crippen LogP contribution in [-0.2, 0) is 9.53 Å². The molecule has 0 aromatic carbocycles. The molecule has 0 heterocycles. The van der Waals surface area contributed by atoms with Crippen LogP contribution in [0.15, 0.2) is 0 Å². The fraction of sp³-hybridized carbons (Fsp3) is 0.909. The molecule has 0 N–H and O–H groups in total. The van der Waals surface area contributed by atoms with Crippen molar-refractivity contribution in [2.45, 2.75) is 51.9 Å². The number of carbonyl (C=O) groups is 1. The van der Waals surface area contributed by atoms with Crippen molar-refractivity contribution in [1.82, 2.24) is 0 Å². The smallest absolute Gasteiger partial charge is 0.308 e. The van der Waals surface area contributed by atoms with Gasteiger partial charge in [0.2, 0.25) is 0 Å². The molecular formula is C11H20O2. The summed E-state index contributed by atoms with van der Waals surface area (Å²) in [5.41, 5.74) is 0. The molecule has 0 spiro atoms. The molecule has 1 fully saturated rings. The maximum Gasteiger partial charge on any atom is 0.308 e. The standard InChI is InChI=1S/C11H20O2/c1-2-3-4-5-9-13-11(12)10-7-6-8-10/h10H,2-9H2,1H3. The first-order chi connectivity index (χ1) is 6.34. The lowest BCUT2D eigenvalue weighted by molar-refractivity contribution is -0.151. The van der Waals surface area contributed by atoms with Crippen LogP contribution in [0.4, 0.5) is 0 Å². The molecule has 0 aromatic heterocycles. The van der Waals surface area contributed by atoms with Gasteiger partial charge < -0.3 is 4.74 Å². The third-order valence-electron chi connectivity index (χ3n) is 2.68. The second-order valence-corrected chi connectivity index (χ2v) is 3.86. The van der Waals surface area contributed by atoms with Gasteiger partial charge in [-0.15, -0.1) is 0 Å². The van der Waals surface area contributed by atoms with E-state index in [1.807, 2.05) is 0 Å². The minimum atomic E-state index is 0.0442. The average Bonchev–Trinajstić information content (AvgIpc) is 2.01. The molecule has 1 saturated carbocycles. The highest BCUT2D eigenvalue weighted by Gasteiger charge is 2.26. The van der Waals surface area contributed by atoms with Gasteiger partial charge in [-0.3, -0.25) is 4.79 Å². The number of rotatable bonds is 6. The SMILES string of the molecule is CCCCCCOC(=O)C1CCC1. The summed E-state index contributed by atoms with van der Waals surface area (Å²) >= 11 is 0. The Morgan fingerprint density at radius 3 is 2.62 bits per heavy atom. The summed E-state index contributed by atoms with van der Waals surface area (Å²) in [6, 6.07) is 0. The first-order valence-corrected chi connectivity index (χ1v) is 5.51. The first kappa shape index (κ1) is 10.6. The monoisotopic (exact) mass is 184 g/mol. The van der Waals surface area contributed by atoms with Crippen molar-refractivity contribution in [1.29, 1.82) is 0 Å². The molecule has 0 atom stereocenters. The van der Waals surface area contributed by atoms with E-state index < -0.39 is 0 Å². The minimum Gasteiger partial charge on any atom is -0.465 e. The van der Waals surface area contributed by atoms with Crippen molar-refractivity contribution in [3.8, 4) is 0 Å². The molecule has 0 bridgehead atoms. The highest BCUT2D eigenvalue weighted by molar-refractivity contribution is 5.73. The lowest BCUT2D eigenvalue weighted by atomic mass is 9.86. The molecule has 1 rings (SSSR count). The summed E-state index contributed by atoms with van der Waals surface area (Å²) in [4.78, 5) is 11.2. The van der Waals surface area contributed by atoms with Gasteiger partial charge in [0.05, 0.1) is 12.5 Å². The van der Waals surface area contributed by atoms with Crippen LogP contribution in [0.5, 0.6) is 0 Å². The van der Waals surface area contributed by atoms with Crippen LogP contribution in [0.2, 0.25) is 0 Å². The lowest BCUT2D eigenvalue weighted by Gasteiger charge is -2.22. The van der Waals surface area contributed by atoms with Crippen LogP contribution in [0.3, 0.4) is 0 Å². The summed E-state index contributed by atoms with van der Waals surface area (Å²) in [6.45, 7) is 2.82. The van der Waals surface area contributed by atoms with Crippen molar-refractivity contribution in [2.75, 3.05) is 6.61 Å². The fourth-order valence-corrected chi connectivity index (χ4v) is 1.46. The summed E-state index contributed by atoms with van der Waals surface area (Å²) in [5.74, 6) is 0.286. The molecule has 0 saturated heterocycles. The summed E-state index contributed by atoms with van der Waals surface area (Å²) in [6.07, 6.45) is 8.01. The predicted octanol–water partition coefficient (Wildman–Crippen LogP) is 2.91. The van der Waals surface area contributed by atoms with Gasteiger partial charge in [-0.2, -0.15) is 0 Å². The van der Waals surface area contributed by atoms with Gasteiger partial charge in [0.15, 0.2) is 0 Å². The van der Waals surface area contributed by atoms with Crippen molar-refractivity contribution in [2.24, 2.45) is 5.92 Å². The highest BCUT2D eigenvalue weighted by atomic mass is 16.5. The Morgan fingerprint density at radius 1 is 1.31 bits per heavy atom. The zero-order valence-electron chi connectivity index (χ0n) is 8.55. The molecule has 1 aliphatic rings. The van der Waals surface area contributed by atoms with E-state index in [0.29, 0.717) is 6.61 Å². The average molecular weight is 184 g/mol. The topological polar surface area (TPSA) is 26.3 Å². The van der Waals surface area contributed by atoms with Gasteiger partial charge in [-0.05, 0) is 19.3 Å². The molecule has 2 heteroatoms. The van der Waals surface area contributed by atoms with E-state index in [4.69, 9.17) is 4.74 Å². The molecule has 76 valence electrons. The zero-order valence-corrected chi connectivity index (χ0v) is 8.55. The van der Waals surface area contributed by atoms with Crippen molar-refractivity contribution >= 4 is 5.97 Å². The third kappa shape index (κ3) is 3.79. The van der Waals surface area contributed by atoms with Gasteiger partial charge in [-0.25, -0.2) is 0 Å². The summed E-state index contributed by atoms with van der Waals surface area (Å²) < 4.78 is 5.15. The summed E-state index contributed by atoms with van der Waals surface area (Å²) in [5, 5.41) is 0. The lowest BCUT2D eigenvalue weighted by Crippen LogP contribution is -2.24. The van der Waals surface area contributed by atoms with Crippen LogP contribution in [-0.4, -0.2) is 12.6 Å². The molecule has 0 radical (unpaired) electrons. The Morgan fingerprint density at radius 2 is 2.08 bits per heavy atom. The number of hydrogen-bond donors (Lipinski definition) is 0. The first-order valence-electron chi connectivity index (χ1n) is 5.51. The Bertz CT molecular complexity index is 150. The van der Waals surface area contributed by atoms with Crippen LogP contribution in [0.1, 0.15) is 51.9 Å². The largest absolute Gasteiger partial charge is 0.465 e. The Kier molecular flexibility index (Phi) is 4.87. The minimum absolute atomic E-state index is 0.0442. The van der Waals surface area contributed by atoms with Crippen molar-refractivity contribution < 1.29 is 9.53 Å². The number of hydrogen-bond acceptors (Lipinski definition) is 2. The number of esters is 1. The Balaban J connectivity index is 1.89. The molecule has 0 aromatic rings. The van der Waals surface area contributed by atoms with E-state index in [1.54, 1.807) is 0 Å². The zero-order chi connectivity index (χ0) is 9.52. The summed E-state index contributed by atoms with van der Waals surface area (Å²) in [7, 11) is 0. The van der Waals surface area contributed by atoms with E-state index in [-0.39, 0.29) is 11.9 Å². The maximum absolute atomic E-state index is 11.2. The molecule has 0 aliphatic heterocycles. The predicted molar refractivity (Wildman–Crippen MR) is 52.4 cm³/mol. The normalized spacial score (nSPS) is 16.7. The molecule has 13 heavy (non-hydrogen) atoms. The molecule has 0 unspecified atom stereocenters. The van der Waals surface area contributed by atoms with Gasteiger partial charge >= 0.3 is 5.97 Å². The second-order valence-electron chi connectivity index (χ2n) is 3.86. The Labute approximate surface area is 80.7 Å². The maximum atomic E-state index is 11.2. The number of unbranched alkanes of at least 4 members (excludes halogenated alkanes) is 3. The van der Waals surface area contributed by atoms with E-state index in [1.165, 1.54) is 25.7 Å². The third-order valence-corrected chi connectivity index (χ3v) is 2.68. The van der Waals surface area contributed by atoms with E-state index in [9.17, 15) is 4.79 Å². The molecule has 0 amide bonds. The fourth-order valence-electron chi connectivity index (χ4n) is 1.46. The van der Waals surface area contributed by atoms with Crippen LogP contribution >= 0.6 is 0 Å². The number of carbonyl (C=O) groups excluding carboxylic acids is 1. The van der Waals surface area contributed by atoms with Gasteiger partial charge in [-0.1, -0.05) is 32.6 Å². The van der Waals surface area contributed by atoms with Gasteiger partial charge in [0, 0.05) is 0 Å². The number of ether oxygens (including phenoxy) is 1. The molecular weight excluding hydrogens is 164 g/mol. The Hall–Kier alpha value is -0.530. The molecule has 2 nitrogen and oxygen atoms in total. The van der Waals surface area contributed by atoms with E-state index >= 15 is 0 Å². The van der Waals surface area contributed by atoms with E-state index in [2.05, 4.69) is 6.92 Å². The van der Waals surface area contributed by atoms with Crippen molar-refractivity contribution in [3.05, 3.63) is 0 Å². The van der Waals surface area contributed by atoms with Gasteiger partial charge in [0.1, 0.15) is 0 Å².